The number of morpholine rings is 1. The lowest BCUT2D eigenvalue weighted by atomic mass is 10.0. The predicted molar refractivity (Wildman–Crippen MR) is 57.6 cm³/mol. The summed E-state index contributed by atoms with van der Waals surface area (Å²) >= 11 is 0. The average Bonchev–Trinajstić information content (AvgIpc) is 2.74. The van der Waals surface area contributed by atoms with Crippen molar-refractivity contribution in [2.24, 2.45) is 5.92 Å². The number of carbonyl (C=O) groups is 1. The van der Waals surface area contributed by atoms with Crippen molar-refractivity contribution in [3.05, 3.63) is 0 Å². The molecule has 0 saturated carbocycles. The molecule has 0 aromatic heterocycles. The van der Waals surface area contributed by atoms with Crippen molar-refractivity contribution in [2.75, 3.05) is 26.2 Å². The van der Waals surface area contributed by atoms with Gasteiger partial charge in [0.15, 0.2) is 0 Å². The van der Waals surface area contributed by atoms with Gasteiger partial charge in [-0.05, 0) is 26.8 Å². The van der Waals surface area contributed by atoms with Gasteiger partial charge in [0.05, 0.1) is 24.7 Å². The molecule has 86 valence electrons. The van der Waals surface area contributed by atoms with Crippen molar-refractivity contribution < 1.29 is 9.53 Å². The molecule has 0 bridgehead atoms. The van der Waals surface area contributed by atoms with E-state index < -0.39 is 0 Å². The SMILES string of the molecule is C[C@@H]1OCCN(C(=O)[C@@H]2CCNC2)[C@@H]1C. The molecule has 0 aromatic carbocycles. The quantitative estimate of drug-likeness (QED) is 0.676. The summed E-state index contributed by atoms with van der Waals surface area (Å²) in [4.78, 5) is 14.2. The molecule has 0 spiro atoms. The highest BCUT2D eigenvalue weighted by Gasteiger charge is 2.34. The van der Waals surface area contributed by atoms with Crippen molar-refractivity contribution in [1.29, 1.82) is 0 Å². The molecular weight excluding hydrogens is 192 g/mol. The maximum atomic E-state index is 12.2. The van der Waals surface area contributed by atoms with Gasteiger partial charge < -0.3 is 15.0 Å². The van der Waals surface area contributed by atoms with E-state index in [4.69, 9.17) is 4.74 Å². The van der Waals surface area contributed by atoms with Crippen molar-refractivity contribution in [2.45, 2.75) is 32.4 Å². The maximum absolute atomic E-state index is 12.2. The third-order valence-corrected chi connectivity index (χ3v) is 3.58. The Morgan fingerprint density at radius 3 is 2.93 bits per heavy atom. The van der Waals surface area contributed by atoms with Crippen LogP contribution in [-0.2, 0) is 9.53 Å². The first-order valence-electron chi connectivity index (χ1n) is 5.83. The minimum absolute atomic E-state index is 0.164. The Hall–Kier alpha value is -0.610. The number of nitrogens with one attached hydrogen (secondary N) is 1. The first-order chi connectivity index (χ1) is 7.20. The lowest BCUT2D eigenvalue weighted by molar-refractivity contribution is -0.147. The van der Waals surface area contributed by atoms with Gasteiger partial charge in [0.1, 0.15) is 0 Å². The molecule has 0 radical (unpaired) electrons. The van der Waals surface area contributed by atoms with Crippen LogP contribution in [0.25, 0.3) is 0 Å². The number of nitrogens with zero attached hydrogens (tertiary/aromatic N) is 1. The van der Waals surface area contributed by atoms with Crippen LogP contribution in [0, 0.1) is 5.92 Å². The third-order valence-electron chi connectivity index (χ3n) is 3.58. The highest BCUT2D eigenvalue weighted by Crippen LogP contribution is 2.19. The van der Waals surface area contributed by atoms with E-state index in [1.165, 1.54) is 0 Å². The molecule has 2 heterocycles. The third kappa shape index (κ3) is 2.16. The van der Waals surface area contributed by atoms with E-state index in [1.807, 2.05) is 11.8 Å². The largest absolute Gasteiger partial charge is 0.375 e. The molecule has 0 unspecified atom stereocenters. The van der Waals surface area contributed by atoms with E-state index in [1.54, 1.807) is 0 Å². The van der Waals surface area contributed by atoms with Crippen LogP contribution in [0.2, 0.25) is 0 Å². The minimum atomic E-state index is 0.164. The van der Waals surface area contributed by atoms with Crippen LogP contribution in [0.3, 0.4) is 0 Å². The Morgan fingerprint density at radius 2 is 2.27 bits per heavy atom. The van der Waals surface area contributed by atoms with E-state index in [0.717, 1.165) is 26.1 Å². The smallest absolute Gasteiger partial charge is 0.227 e. The molecule has 1 amide bonds. The zero-order valence-corrected chi connectivity index (χ0v) is 9.53. The number of carbonyl (C=O) groups excluding carboxylic acids is 1. The highest BCUT2D eigenvalue weighted by molar-refractivity contribution is 5.79. The molecular formula is C11H20N2O2. The first-order valence-corrected chi connectivity index (χ1v) is 5.83. The first kappa shape index (κ1) is 10.9. The van der Waals surface area contributed by atoms with Crippen molar-refractivity contribution in [3.8, 4) is 0 Å². The van der Waals surface area contributed by atoms with E-state index in [9.17, 15) is 4.79 Å². The Bertz CT molecular complexity index is 239. The second-order valence-corrected chi connectivity index (χ2v) is 4.54. The molecule has 2 rings (SSSR count). The second-order valence-electron chi connectivity index (χ2n) is 4.54. The Morgan fingerprint density at radius 1 is 1.47 bits per heavy atom. The Kier molecular flexibility index (Phi) is 3.26. The summed E-state index contributed by atoms with van der Waals surface area (Å²) in [5.74, 6) is 0.500. The molecule has 0 aromatic rings. The van der Waals surface area contributed by atoms with Crippen LogP contribution in [0.5, 0.6) is 0 Å². The zero-order valence-electron chi connectivity index (χ0n) is 9.53. The zero-order chi connectivity index (χ0) is 10.8. The predicted octanol–water partition coefficient (Wildman–Crippen LogP) is 0.232. The Labute approximate surface area is 91.0 Å². The molecule has 4 heteroatoms. The molecule has 2 aliphatic rings. The van der Waals surface area contributed by atoms with Gasteiger partial charge in [0.25, 0.3) is 0 Å². The average molecular weight is 212 g/mol. The van der Waals surface area contributed by atoms with Crippen LogP contribution in [-0.4, -0.2) is 49.2 Å². The fourth-order valence-electron chi connectivity index (χ4n) is 2.34. The molecule has 3 atom stereocenters. The van der Waals surface area contributed by atoms with Crippen LogP contribution in [0.1, 0.15) is 20.3 Å². The molecule has 2 saturated heterocycles. The second kappa shape index (κ2) is 4.49. The van der Waals surface area contributed by atoms with Gasteiger partial charge in [-0.2, -0.15) is 0 Å². The topological polar surface area (TPSA) is 41.6 Å². The van der Waals surface area contributed by atoms with Crippen LogP contribution >= 0.6 is 0 Å². The molecule has 4 nitrogen and oxygen atoms in total. The van der Waals surface area contributed by atoms with Gasteiger partial charge in [0.2, 0.25) is 5.91 Å². The lowest BCUT2D eigenvalue weighted by Crippen LogP contribution is -2.53. The molecule has 1 N–H and O–H groups in total. The fraction of sp³-hybridized carbons (Fsp3) is 0.909. The lowest BCUT2D eigenvalue weighted by Gasteiger charge is -2.39. The van der Waals surface area contributed by atoms with Gasteiger partial charge in [-0.15, -0.1) is 0 Å². The van der Waals surface area contributed by atoms with E-state index in [-0.39, 0.29) is 18.1 Å². The number of amides is 1. The van der Waals surface area contributed by atoms with E-state index >= 15 is 0 Å². The normalized spacial score (nSPS) is 36.9. The fourth-order valence-corrected chi connectivity index (χ4v) is 2.34. The molecule has 0 aliphatic carbocycles. The standard InChI is InChI=1S/C11H20N2O2/c1-8-9(2)15-6-5-13(8)11(14)10-3-4-12-7-10/h8-10,12H,3-7H2,1-2H3/t8-,9+,10-/m1/s1. The molecule has 2 aliphatic heterocycles. The number of hydrogen-bond acceptors (Lipinski definition) is 3. The number of ether oxygens (including phenoxy) is 1. The number of rotatable bonds is 1. The summed E-state index contributed by atoms with van der Waals surface area (Å²) in [6.07, 6.45) is 1.15. The van der Waals surface area contributed by atoms with Crippen LogP contribution in [0.15, 0.2) is 0 Å². The van der Waals surface area contributed by atoms with E-state index in [0.29, 0.717) is 12.5 Å². The van der Waals surface area contributed by atoms with Crippen molar-refractivity contribution in [3.63, 3.8) is 0 Å². The molecule has 2 fully saturated rings. The Balaban J connectivity index is 1.98. The van der Waals surface area contributed by atoms with Gasteiger partial charge in [-0.1, -0.05) is 0 Å². The summed E-state index contributed by atoms with van der Waals surface area (Å²) in [6, 6.07) is 0.215. The van der Waals surface area contributed by atoms with Crippen molar-refractivity contribution in [1.82, 2.24) is 10.2 Å². The van der Waals surface area contributed by atoms with Gasteiger partial charge in [-0.3, -0.25) is 4.79 Å². The number of hydrogen-bond donors (Lipinski definition) is 1. The summed E-state index contributed by atoms with van der Waals surface area (Å²) in [5.41, 5.74) is 0. The summed E-state index contributed by atoms with van der Waals surface area (Å²) in [7, 11) is 0. The van der Waals surface area contributed by atoms with E-state index in [2.05, 4.69) is 12.2 Å². The van der Waals surface area contributed by atoms with Crippen LogP contribution in [0.4, 0.5) is 0 Å². The van der Waals surface area contributed by atoms with Gasteiger partial charge >= 0.3 is 0 Å². The van der Waals surface area contributed by atoms with Crippen LogP contribution < -0.4 is 5.32 Å². The summed E-state index contributed by atoms with van der Waals surface area (Å²) in [5, 5.41) is 3.24. The molecule has 15 heavy (non-hydrogen) atoms. The maximum Gasteiger partial charge on any atom is 0.227 e. The monoisotopic (exact) mass is 212 g/mol. The minimum Gasteiger partial charge on any atom is -0.375 e. The summed E-state index contributed by atoms with van der Waals surface area (Å²) < 4.78 is 5.52. The van der Waals surface area contributed by atoms with Gasteiger partial charge in [0, 0.05) is 13.1 Å². The van der Waals surface area contributed by atoms with Crippen molar-refractivity contribution >= 4 is 5.91 Å². The summed E-state index contributed by atoms with van der Waals surface area (Å²) in [6.45, 7) is 7.36. The van der Waals surface area contributed by atoms with Gasteiger partial charge in [-0.25, -0.2) is 0 Å². The highest BCUT2D eigenvalue weighted by atomic mass is 16.5.